The van der Waals surface area contributed by atoms with Gasteiger partial charge in [0.1, 0.15) is 18.5 Å². The molecule has 0 bridgehead atoms. The van der Waals surface area contributed by atoms with Gasteiger partial charge in [-0.05, 0) is 6.07 Å². The molecule has 6 nitrogen and oxygen atoms in total. The van der Waals surface area contributed by atoms with Gasteiger partial charge in [0.05, 0.1) is 17.1 Å². The lowest BCUT2D eigenvalue weighted by Gasteiger charge is -2.24. The van der Waals surface area contributed by atoms with Gasteiger partial charge in [0.25, 0.3) is 12.1 Å². The first-order valence-electron chi connectivity index (χ1n) is 6.09. The van der Waals surface area contributed by atoms with Crippen LogP contribution in [-0.4, -0.2) is 37.3 Å². The van der Waals surface area contributed by atoms with Crippen molar-refractivity contribution in [3.8, 4) is 5.75 Å². The van der Waals surface area contributed by atoms with Gasteiger partial charge in [-0.15, -0.1) is 0 Å². The van der Waals surface area contributed by atoms with E-state index in [1.54, 1.807) is 0 Å². The smallest absolute Gasteiger partial charge is 0.270 e. The Morgan fingerprint density at radius 1 is 1.55 bits per heavy atom. The number of nitrogens with zero attached hydrogens (tertiary/aromatic N) is 1. The van der Waals surface area contributed by atoms with Gasteiger partial charge in [-0.2, -0.15) is 0 Å². The maximum Gasteiger partial charge on any atom is 0.270 e. The van der Waals surface area contributed by atoms with Crippen LogP contribution in [0.25, 0.3) is 0 Å². The van der Waals surface area contributed by atoms with E-state index in [-0.39, 0.29) is 24.1 Å². The summed E-state index contributed by atoms with van der Waals surface area (Å²) in [5.41, 5.74) is -0.869. The van der Waals surface area contributed by atoms with Gasteiger partial charge >= 0.3 is 0 Å². The zero-order valence-corrected chi connectivity index (χ0v) is 10.6. The molecule has 1 aromatic carbocycles. The lowest BCUT2D eigenvalue weighted by Crippen LogP contribution is -2.41. The number of alkyl halides is 2. The fourth-order valence-electron chi connectivity index (χ4n) is 1.86. The van der Waals surface area contributed by atoms with E-state index in [9.17, 15) is 18.9 Å². The van der Waals surface area contributed by atoms with Crippen molar-refractivity contribution >= 4 is 5.69 Å². The van der Waals surface area contributed by atoms with E-state index in [0.717, 1.165) is 18.7 Å². The van der Waals surface area contributed by atoms with Gasteiger partial charge in [0, 0.05) is 25.2 Å². The monoisotopic (exact) mass is 288 g/mol. The fraction of sp³-hybridized carbons (Fsp3) is 0.500. The van der Waals surface area contributed by atoms with Crippen molar-refractivity contribution in [2.24, 2.45) is 0 Å². The van der Waals surface area contributed by atoms with Crippen LogP contribution in [-0.2, 0) is 4.74 Å². The van der Waals surface area contributed by atoms with Crippen LogP contribution in [0, 0.1) is 10.1 Å². The van der Waals surface area contributed by atoms with Gasteiger partial charge in [-0.1, -0.05) is 0 Å². The first-order valence-corrected chi connectivity index (χ1v) is 6.09. The maximum absolute atomic E-state index is 12.9. The highest BCUT2D eigenvalue weighted by Crippen LogP contribution is 2.32. The fourth-order valence-corrected chi connectivity index (χ4v) is 1.86. The molecule has 0 amide bonds. The second-order valence-electron chi connectivity index (χ2n) is 4.29. The minimum absolute atomic E-state index is 0.0558. The van der Waals surface area contributed by atoms with Crippen molar-refractivity contribution in [1.82, 2.24) is 5.32 Å². The number of nitrogens with one attached hydrogen (secondary N) is 1. The Hall–Kier alpha value is -1.80. The van der Waals surface area contributed by atoms with Crippen LogP contribution in [0.15, 0.2) is 18.2 Å². The number of hydrogen-bond acceptors (Lipinski definition) is 5. The predicted octanol–water partition coefficient (Wildman–Crippen LogP) is 1.90. The third kappa shape index (κ3) is 3.61. The average molecular weight is 288 g/mol. The summed E-state index contributed by atoms with van der Waals surface area (Å²) >= 11 is 0. The van der Waals surface area contributed by atoms with Crippen LogP contribution in [0.4, 0.5) is 14.5 Å². The standard InChI is InChI=1S/C12H14F2N2O4/c13-12(14)10-5-8(16(17)18)1-2-11(10)20-7-9-6-15-3-4-19-9/h1-2,5,9,12,15H,3-4,6-7H2. The van der Waals surface area contributed by atoms with Crippen LogP contribution >= 0.6 is 0 Å². The topological polar surface area (TPSA) is 73.6 Å². The first-order chi connectivity index (χ1) is 9.58. The molecule has 20 heavy (non-hydrogen) atoms. The van der Waals surface area contributed by atoms with E-state index in [2.05, 4.69) is 5.32 Å². The molecule has 0 aliphatic carbocycles. The van der Waals surface area contributed by atoms with Crippen molar-refractivity contribution in [2.75, 3.05) is 26.3 Å². The second-order valence-corrected chi connectivity index (χ2v) is 4.29. The summed E-state index contributed by atoms with van der Waals surface area (Å²) in [6.45, 7) is 1.98. The van der Waals surface area contributed by atoms with Crippen LogP contribution in [0.3, 0.4) is 0 Å². The van der Waals surface area contributed by atoms with Gasteiger partial charge < -0.3 is 14.8 Å². The molecule has 0 spiro atoms. The van der Waals surface area contributed by atoms with Crippen molar-refractivity contribution < 1.29 is 23.2 Å². The van der Waals surface area contributed by atoms with E-state index >= 15 is 0 Å². The number of morpholine rings is 1. The van der Waals surface area contributed by atoms with Crippen LogP contribution in [0.1, 0.15) is 12.0 Å². The zero-order chi connectivity index (χ0) is 14.5. The first kappa shape index (κ1) is 14.6. The summed E-state index contributed by atoms with van der Waals surface area (Å²) in [5.74, 6) is -0.0558. The molecular weight excluding hydrogens is 274 g/mol. The van der Waals surface area contributed by atoms with E-state index in [1.807, 2.05) is 0 Å². The molecule has 1 atom stereocenters. The molecule has 110 valence electrons. The quantitative estimate of drug-likeness (QED) is 0.661. The Morgan fingerprint density at radius 3 is 2.95 bits per heavy atom. The van der Waals surface area contributed by atoms with Crippen molar-refractivity contribution in [1.29, 1.82) is 0 Å². The summed E-state index contributed by atoms with van der Waals surface area (Å²) in [6, 6.07) is 3.16. The third-order valence-electron chi connectivity index (χ3n) is 2.87. The van der Waals surface area contributed by atoms with E-state index in [0.29, 0.717) is 13.2 Å². The second kappa shape index (κ2) is 6.58. The Bertz CT molecular complexity index is 479. The molecule has 1 saturated heterocycles. The molecule has 8 heteroatoms. The minimum atomic E-state index is -2.84. The van der Waals surface area contributed by atoms with E-state index in [1.165, 1.54) is 6.07 Å². The molecule has 0 saturated carbocycles. The van der Waals surface area contributed by atoms with Crippen molar-refractivity contribution in [3.63, 3.8) is 0 Å². The highest BCUT2D eigenvalue weighted by molar-refractivity contribution is 5.44. The number of halogens is 2. The number of non-ortho nitro benzene ring substituents is 1. The Kier molecular flexibility index (Phi) is 4.80. The lowest BCUT2D eigenvalue weighted by atomic mass is 10.2. The number of nitro benzene ring substituents is 1. The Morgan fingerprint density at radius 2 is 2.35 bits per heavy atom. The molecule has 1 aliphatic heterocycles. The molecule has 1 N–H and O–H groups in total. The van der Waals surface area contributed by atoms with E-state index < -0.39 is 16.9 Å². The van der Waals surface area contributed by atoms with E-state index in [4.69, 9.17) is 9.47 Å². The minimum Gasteiger partial charge on any atom is -0.490 e. The molecule has 0 aromatic heterocycles. The molecule has 1 fully saturated rings. The molecule has 1 aromatic rings. The Balaban J connectivity index is 2.07. The summed E-state index contributed by atoms with van der Waals surface area (Å²) in [6.07, 6.45) is -3.06. The summed E-state index contributed by atoms with van der Waals surface area (Å²) < 4.78 is 36.5. The number of benzene rings is 1. The SMILES string of the molecule is O=[N+]([O-])c1ccc(OCC2CNCCO2)c(C(F)F)c1. The van der Waals surface area contributed by atoms with Gasteiger partial charge in [-0.25, -0.2) is 8.78 Å². The van der Waals surface area contributed by atoms with Crippen LogP contribution in [0.5, 0.6) is 5.75 Å². The molecule has 1 unspecified atom stereocenters. The third-order valence-corrected chi connectivity index (χ3v) is 2.87. The summed E-state index contributed by atoms with van der Waals surface area (Å²) in [7, 11) is 0. The summed E-state index contributed by atoms with van der Waals surface area (Å²) in [5, 5.41) is 13.7. The number of ether oxygens (including phenoxy) is 2. The highest BCUT2D eigenvalue weighted by atomic mass is 19.3. The Labute approximate surface area is 113 Å². The maximum atomic E-state index is 12.9. The molecular formula is C12H14F2N2O4. The lowest BCUT2D eigenvalue weighted by molar-refractivity contribution is -0.385. The zero-order valence-electron chi connectivity index (χ0n) is 10.6. The van der Waals surface area contributed by atoms with Gasteiger partial charge in [0.2, 0.25) is 0 Å². The average Bonchev–Trinajstić information content (AvgIpc) is 2.45. The van der Waals surface area contributed by atoms with Gasteiger partial charge in [0.15, 0.2) is 0 Å². The molecule has 1 heterocycles. The largest absolute Gasteiger partial charge is 0.490 e. The summed E-state index contributed by atoms with van der Waals surface area (Å²) in [4.78, 5) is 9.87. The van der Waals surface area contributed by atoms with Crippen LogP contribution < -0.4 is 10.1 Å². The predicted molar refractivity (Wildman–Crippen MR) is 66.2 cm³/mol. The van der Waals surface area contributed by atoms with Crippen LogP contribution in [0.2, 0.25) is 0 Å². The molecule has 2 rings (SSSR count). The van der Waals surface area contributed by atoms with Crippen molar-refractivity contribution in [3.05, 3.63) is 33.9 Å². The highest BCUT2D eigenvalue weighted by Gasteiger charge is 2.21. The number of hydrogen-bond donors (Lipinski definition) is 1. The van der Waals surface area contributed by atoms with Crippen molar-refractivity contribution in [2.45, 2.75) is 12.5 Å². The normalized spacial score (nSPS) is 19.1. The molecule has 1 aliphatic rings. The number of rotatable bonds is 5. The number of nitro groups is 1. The van der Waals surface area contributed by atoms with Gasteiger partial charge in [-0.3, -0.25) is 10.1 Å². The molecule has 0 radical (unpaired) electrons.